The van der Waals surface area contributed by atoms with Gasteiger partial charge in [-0.25, -0.2) is 9.78 Å². The number of imidazole rings is 1. The first kappa shape index (κ1) is 19.2. The molecule has 122 valence electrons. The van der Waals surface area contributed by atoms with Gasteiger partial charge in [0.15, 0.2) is 0 Å². The van der Waals surface area contributed by atoms with E-state index in [0.717, 1.165) is 12.4 Å². The van der Waals surface area contributed by atoms with Crippen molar-refractivity contribution < 1.29 is 40.6 Å². The maximum absolute atomic E-state index is 11.8. The van der Waals surface area contributed by atoms with Crippen LogP contribution >= 0.6 is 0 Å². The molecule has 1 N–H and O–H groups in total. The Bertz CT molecular complexity index is 482. The zero-order valence-corrected chi connectivity index (χ0v) is 10.8. The van der Waals surface area contributed by atoms with Crippen LogP contribution in [0.3, 0.4) is 0 Å². The Kier molecular flexibility index (Phi) is 5.76. The van der Waals surface area contributed by atoms with Gasteiger partial charge in [-0.3, -0.25) is 0 Å². The van der Waals surface area contributed by atoms with Crippen molar-refractivity contribution in [2.24, 2.45) is 0 Å². The second-order valence-corrected chi connectivity index (χ2v) is 3.71. The molecule has 4 nitrogen and oxygen atoms in total. The first-order chi connectivity index (χ1) is 9.29. The van der Waals surface area contributed by atoms with Gasteiger partial charge in [-0.05, 0) is 13.8 Å². The lowest BCUT2D eigenvalue weighted by Crippen LogP contribution is -2.56. The van der Waals surface area contributed by atoms with Crippen LogP contribution < -0.4 is 0 Å². The third-order valence-corrected chi connectivity index (χ3v) is 2.28. The SMILES string of the molecule is CCn1ccnc1C.O=C(O)C(F)(F)C(F)(F)C(F)(F)F. The average molecular weight is 324 g/mol. The van der Waals surface area contributed by atoms with Crippen molar-refractivity contribution in [3.05, 3.63) is 18.2 Å². The molecule has 21 heavy (non-hydrogen) atoms. The van der Waals surface area contributed by atoms with E-state index in [1.54, 1.807) is 0 Å². The summed E-state index contributed by atoms with van der Waals surface area (Å²) in [7, 11) is 0. The molecular formula is C10H11F7N2O2. The molecule has 0 radical (unpaired) electrons. The topological polar surface area (TPSA) is 55.1 Å². The summed E-state index contributed by atoms with van der Waals surface area (Å²) in [6.45, 7) is 5.13. The molecule has 0 aromatic carbocycles. The summed E-state index contributed by atoms with van der Waals surface area (Å²) in [5.74, 6) is -15.2. The molecule has 1 heterocycles. The molecule has 0 fully saturated rings. The summed E-state index contributed by atoms with van der Waals surface area (Å²) in [6, 6.07) is 0. The van der Waals surface area contributed by atoms with E-state index in [2.05, 4.69) is 16.5 Å². The van der Waals surface area contributed by atoms with Crippen molar-refractivity contribution in [1.29, 1.82) is 0 Å². The average Bonchev–Trinajstić information content (AvgIpc) is 2.73. The summed E-state index contributed by atoms with van der Waals surface area (Å²) in [4.78, 5) is 13.4. The summed E-state index contributed by atoms with van der Waals surface area (Å²) in [5, 5.41) is 7.41. The second-order valence-electron chi connectivity index (χ2n) is 3.71. The summed E-state index contributed by atoms with van der Waals surface area (Å²) in [5.41, 5.74) is 0. The van der Waals surface area contributed by atoms with Crippen LogP contribution in [0.2, 0.25) is 0 Å². The molecule has 0 aliphatic heterocycles. The minimum Gasteiger partial charge on any atom is -0.477 e. The number of halogens is 7. The highest BCUT2D eigenvalue weighted by atomic mass is 19.4. The quantitative estimate of drug-likeness (QED) is 0.869. The van der Waals surface area contributed by atoms with E-state index in [0.29, 0.717) is 0 Å². The number of carboxylic acids is 1. The molecule has 0 atom stereocenters. The smallest absolute Gasteiger partial charge is 0.460 e. The van der Waals surface area contributed by atoms with Crippen LogP contribution in [0.4, 0.5) is 30.7 Å². The van der Waals surface area contributed by atoms with Crippen LogP contribution in [0.1, 0.15) is 12.7 Å². The first-order valence-corrected chi connectivity index (χ1v) is 5.32. The van der Waals surface area contributed by atoms with Crippen molar-refractivity contribution >= 4 is 5.97 Å². The predicted octanol–water partition coefficient (Wildman–Crippen LogP) is 3.12. The molecule has 0 unspecified atom stereocenters. The number of rotatable bonds is 3. The monoisotopic (exact) mass is 324 g/mol. The van der Waals surface area contributed by atoms with Gasteiger partial charge in [-0.1, -0.05) is 0 Å². The van der Waals surface area contributed by atoms with Crippen molar-refractivity contribution in [2.75, 3.05) is 0 Å². The lowest BCUT2D eigenvalue weighted by atomic mass is 10.1. The molecule has 0 aliphatic carbocycles. The first-order valence-electron chi connectivity index (χ1n) is 5.32. The minimum absolute atomic E-state index is 1.02. The van der Waals surface area contributed by atoms with Gasteiger partial charge in [-0.15, -0.1) is 0 Å². The van der Waals surface area contributed by atoms with Gasteiger partial charge in [0.25, 0.3) is 0 Å². The number of aryl methyl sites for hydroxylation is 2. The Morgan fingerprint density at radius 1 is 1.24 bits per heavy atom. The summed E-state index contributed by atoms with van der Waals surface area (Å²) >= 11 is 0. The standard InChI is InChI=1S/C6H10N2.C4HF7O2/c1-3-8-5-4-7-6(8)2;5-2(6,1(12)13)3(7,8)4(9,10)11/h4-5H,3H2,1-2H3;(H,12,13). The van der Waals surface area contributed by atoms with Crippen LogP contribution in [0.15, 0.2) is 12.4 Å². The predicted molar refractivity (Wildman–Crippen MR) is 56.2 cm³/mol. The molecule has 0 saturated heterocycles. The van der Waals surface area contributed by atoms with Gasteiger partial charge in [0, 0.05) is 18.9 Å². The van der Waals surface area contributed by atoms with E-state index in [9.17, 15) is 35.5 Å². The molecule has 1 rings (SSSR count). The van der Waals surface area contributed by atoms with E-state index in [4.69, 9.17) is 5.11 Å². The number of nitrogens with zero attached hydrogens (tertiary/aromatic N) is 2. The minimum atomic E-state index is -6.60. The van der Waals surface area contributed by atoms with Crippen LogP contribution in [-0.4, -0.2) is 38.6 Å². The zero-order chi connectivity index (χ0) is 17.1. The van der Waals surface area contributed by atoms with Gasteiger partial charge in [-0.2, -0.15) is 30.7 Å². The fourth-order valence-corrected chi connectivity index (χ4v) is 1.05. The van der Waals surface area contributed by atoms with E-state index < -0.39 is 24.0 Å². The molecular weight excluding hydrogens is 313 g/mol. The van der Waals surface area contributed by atoms with Gasteiger partial charge >= 0.3 is 24.0 Å². The third-order valence-electron chi connectivity index (χ3n) is 2.28. The number of aliphatic carboxylic acids is 1. The van der Waals surface area contributed by atoms with E-state index in [-0.39, 0.29) is 0 Å². The number of hydrogen-bond donors (Lipinski definition) is 1. The lowest BCUT2D eigenvalue weighted by molar-refractivity contribution is -0.347. The van der Waals surface area contributed by atoms with Crippen LogP contribution in [0.25, 0.3) is 0 Å². The van der Waals surface area contributed by atoms with Crippen LogP contribution in [-0.2, 0) is 11.3 Å². The Hall–Kier alpha value is -1.81. The van der Waals surface area contributed by atoms with E-state index in [1.807, 2.05) is 19.3 Å². The van der Waals surface area contributed by atoms with E-state index >= 15 is 0 Å². The molecule has 1 aromatic heterocycles. The van der Waals surface area contributed by atoms with Crippen molar-refractivity contribution in [3.8, 4) is 0 Å². The Labute approximate surface area is 114 Å². The normalized spacial score (nSPS) is 12.6. The highest BCUT2D eigenvalue weighted by Gasteiger charge is 2.76. The fourth-order valence-electron chi connectivity index (χ4n) is 1.05. The zero-order valence-electron chi connectivity index (χ0n) is 10.8. The Morgan fingerprint density at radius 3 is 1.86 bits per heavy atom. The molecule has 0 spiro atoms. The molecule has 0 saturated carbocycles. The third kappa shape index (κ3) is 4.08. The maximum atomic E-state index is 11.8. The van der Waals surface area contributed by atoms with E-state index in [1.165, 1.54) is 0 Å². The van der Waals surface area contributed by atoms with Gasteiger partial charge in [0.1, 0.15) is 5.82 Å². The number of aromatic nitrogens is 2. The van der Waals surface area contributed by atoms with Crippen LogP contribution in [0.5, 0.6) is 0 Å². The molecule has 0 amide bonds. The largest absolute Gasteiger partial charge is 0.477 e. The molecule has 0 aliphatic rings. The van der Waals surface area contributed by atoms with Crippen molar-refractivity contribution in [3.63, 3.8) is 0 Å². The summed E-state index contributed by atoms with van der Waals surface area (Å²) in [6.07, 6.45) is -2.80. The number of carboxylic acid groups (broad SMARTS) is 1. The van der Waals surface area contributed by atoms with Gasteiger partial charge in [0.2, 0.25) is 0 Å². The van der Waals surface area contributed by atoms with Gasteiger partial charge in [0.05, 0.1) is 0 Å². The number of alkyl halides is 7. The Morgan fingerprint density at radius 2 is 1.71 bits per heavy atom. The van der Waals surface area contributed by atoms with Crippen molar-refractivity contribution in [2.45, 2.75) is 38.4 Å². The Balaban J connectivity index is 0.000000423. The molecule has 1 aromatic rings. The lowest BCUT2D eigenvalue weighted by Gasteiger charge is -2.24. The molecule has 0 bridgehead atoms. The van der Waals surface area contributed by atoms with Crippen molar-refractivity contribution in [1.82, 2.24) is 9.55 Å². The highest BCUT2D eigenvalue weighted by molar-refractivity contribution is 5.76. The second kappa shape index (κ2) is 6.31. The maximum Gasteiger partial charge on any atom is 0.460 e. The number of carbonyl (C=O) groups is 1. The fraction of sp³-hybridized carbons (Fsp3) is 0.600. The van der Waals surface area contributed by atoms with Gasteiger partial charge < -0.3 is 9.67 Å². The van der Waals surface area contributed by atoms with Crippen LogP contribution in [0, 0.1) is 6.92 Å². The summed E-state index contributed by atoms with van der Waals surface area (Å²) < 4.78 is 82.6. The molecule has 11 heteroatoms. The number of hydrogen-bond acceptors (Lipinski definition) is 2. The highest BCUT2D eigenvalue weighted by Crippen LogP contribution is 2.46.